The van der Waals surface area contributed by atoms with Gasteiger partial charge in [-0.3, -0.25) is 0 Å². The molecule has 0 saturated carbocycles. The van der Waals surface area contributed by atoms with Gasteiger partial charge >= 0.3 is 0 Å². The fraction of sp³-hybridized carbons (Fsp3) is 0. The van der Waals surface area contributed by atoms with Crippen molar-refractivity contribution in [2.45, 2.75) is 0 Å². The van der Waals surface area contributed by atoms with Gasteiger partial charge in [0.1, 0.15) is 11.2 Å². The van der Waals surface area contributed by atoms with Crippen LogP contribution in [0.2, 0.25) is 0 Å². The zero-order chi connectivity index (χ0) is 41.0. The summed E-state index contributed by atoms with van der Waals surface area (Å²) in [4.78, 5) is 2.35. The third kappa shape index (κ3) is 6.29. The lowest BCUT2D eigenvalue weighted by Crippen LogP contribution is -2.09. The van der Waals surface area contributed by atoms with Crippen molar-refractivity contribution in [3.05, 3.63) is 237 Å². The number of anilines is 3. The van der Waals surface area contributed by atoms with Gasteiger partial charge in [0.15, 0.2) is 0 Å². The summed E-state index contributed by atoms with van der Waals surface area (Å²) < 4.78 is 6.54. The van der Waals surface area contributed by atoms with E-state index in [1.54, 1.807) is 0 Å². The average molecular weight is 790 g/mol. The van der Waals surface area contributed by atoms with Crippen molar-refractivity contribution >= 4 is 71.3 Å². The number of rotatable bonds is 7. The molecule has 0 aliphatic carbocycles. The van der Waals surface area contributed by atoms with Crippen molar-refractivity contribution in [2.75, 3.05) is 4.90 Å². The molecule has 0 radical (unpaired) electrons. The van der Waals surface area contributed by atoms with Crippen LogP contribution >= 0.6 is 0 Å². The Morgan fingerprint density at radius 3 is 1.24 bits per heavy atom. The van der Waals surface area contributed by atoms with E-state index in [2.05, 4.69) is 241 Å². The Morgan fingerprint density at radius 2 is 0.694 bits per heavy atom. The van der Waals surface area contributed by atoms with Crippen LogP contribution in [0.5, 0.6) is 0 Å². The van der Waals surface area contributed by atoms with Crippen molar-refractivity contribution in [2.24, 2.45) is 0 Å². The first kappa shape index (κ1) is 35.7. The van der Waals surface area contributed by atoms with Gasteiger partial charge in [-0.2, -0.15) is 0 Å². The van der Waals surface area contributed by atoms with Crippen LogP contribution in [0.25, 0.3) is 98.8 Å². The van der Waals surface area contributed by atoms with Crippen molar-refractivity contribution < 1.29 is 4.42 Å². The fourth-order valence-electron chi connectivity index (χ4n) is 9.23. The summed E-state index contributed by atoms with van der Waals surface area (Å²) in [5, 5.41) is 9.59. The van der Waals surface area contributed by atoms with Crippen LogP contribution in [0.15, 0.2) is 241 Å². The summed E-state index contributed by atoms with van der Waals surface area (Å²) in [6.45, 7) is 0. The molecule has 0 bridgehead atoms. The number of fused-ring (bicyclic) bond motifs is 7. The van der Waals surface area contributed by atoms with E-state index in [4.69, 9.17) is 4.42 Å². The second-order valence-corrected chi connectivity index (χ2v) is 16.1. The standard InChI is InChI=1S/C60H39NO/c1-3-11-48-38-50(22-20-40(48)8-1)44-18-16-42(17-19-44)43-24-31-52(32-25-43)61(53-33-26-45(27-34-53)51-23-21-41-9-2-4-12-49(41)39-51)54-35-28-47(29-36-54)55-14-7-15-58-59(55)57-37-30-46-10-5-6-13-56(46)60(57)62-58/h1-39H. The molecule has 0 N–H and O–H groups in total. The summed E-state index contributed by atoms with van der Waals surface area (Å²) in [7, 11) is 0. The minimum atomic E-state index is 0.898. The third-order valence-electron chi connectivity index (χ3n) is 12.5. The Balaban J connectivity index is 0.903. The second kappa shape index (κ2) is 14.8. The van der Waals surface area contributed by atoms with E-state index in [9.17, 15) is 0 Å². The van der Waals surface area contributed by atoms with E-state index in [0.717, 1.165) is 55.5 Å². The second-order valence-electron chi connectivity index (χ2n) is 16.1. The van der Waals surface area contributed by atoms with Crippen LogP contribution in [0.4, 0.5) is 17.1 Å². The molecule has 0 fully saturated rings. The minimum Gasteiger partial charge on any atom is -0.455 e. The largest absolute Gasteiger partial charge is 0.455 e. The van der Waals surface area contributed by atoms with E-state index in [1.807, 2.05) is 0 Å². The highest BCUT2D eigenvalue weighted by atomic mass is 16.3. The zero-order valence-electron chi connectivity index (χ0n) is 33.9. The van der Waals surface area contributed by atoms with Crippen molar-refractivity contribution in [1.82, 2.24) is 0 Å². The minimum absolute atomic E-state index is 0.898. The molecule has 0 unspecified atom stereocenters. The molecule has 2 heteroatoms. The zero-order valence-corrected chi connectivity index (χ0v) is 33.9. The Morgan fingerprint density at radius 1 is 0.274 bits per heavy atom. The first-order chi connectivity index (χ1) is 30.7. The fourth-order valence-corrected chi connectivity index (χ4v) is 9.23. The Bertz CT molecular complexity index is 3600. The van der Waals surface area contributed by atoms with Gasteiger partial charge in [0.25, 0.3) is 0 Å². The summed E-state index contributed by atoms with van der Waals surface area (Å²) >= 11 is 0. The SMILES string of the molecule is c1ccc2cc(-c3ccc(-c4ccc(N(c5ccc(-c6ccc7ccccc7c6)cc5)c5ccc(-c6cccc7oc8c9ccccc9ccc8c67)cc5)cc4)cc3)ccc2c1. The Hall–Kier alpha value is -8.20. The molecule has 2 nitrogen and oxygen atoms in total. The van der Waals surface area contributed by atoms with E-state index < -0.39 is 0 Å². The van der Waals surface area contributed by atoms with Crippen molar-refractivity contribution in [1.29, 1.82) is 0 Å². The van der Waals surface area contributed by atoms with Crippen LogP contribution in [0.1, 0.15) is 0 Å². The van der Waals surface area contributed by atoms with Gasteiger partial charge in [-0.25, -0.2) is 0 Å². The monoisotopic (exact) mass is 789 g/mol. The quantitative estimate of drug-likeness (QED) is 0.160. The lowest BCUT2D eigenvalue weighted by molar-refractivity contribution is 0.673. The summed E-state index contributed by atoms with van der Waals surface area (Å²) in [6.07, 6.45) is 0. The molecule has 0 atom stereocenters. The highest BCUT2D eigenvalue weighted by molar-refractivity contribution is 6.19. The summed E-state index contributed by atoms with van der Waals surface area (Å²) in [5.74, 6) is 0. The molecule has 0 amide bonds. The maximum absolute atomic E-state index is 6.54. The summed E-state index contributed by atoms with van der Waals surface area (Å²) in [5.41, 5.74) is 14.6. The summed E-state index contributed by atoms with van der Waals surface area (Å²) in [6, 6.07) is 85.4. The van der Waals surface area contributed by atoms with Crippen molar-refractivity contribution in [3.63, 3.8) is 0 Å². The van der Waals surface area contributed by atoms with Crippen LogP contribution < -0.4 is 4.90 Å². The number of hydrogen-bond acceptors (Lipinski definition) is 2. The molecule has 12 rings (SSSR count). The lowest BCUT2D eigenvalue weighted by atomic mass is 9.97. The van der Waals surface area contributed by atoms with Gasteiger partial charge in [-0.15, -0.1) is 0 Å². The van der Waals surface area contributed by atoms with Crippen LogP contribution in [0, 0.1) is 0 Å². The van der Waals surface area contributed by atoms with Gasteiger partial charge in [0.05, 0.1) is 0 Å². The molecular formula is C60H39NO. The molecule has 1 aromatic heterocycles. The number of nitrogens with zero attached hydrogens (tertiary/aromatic N) is 1. The highest BCUT2D eigenvalue weighted by Crippen LogP contribution is 2.42. The first-order valence-electron chi connectivity index (χ1n) is 21.2. The van der Waals surface area contributed by atoms with Gasteiger partial charge in [-0.1, -0.05) is 176 Å². The maximum Gasteiger partial charge on any atom is 0.143 e. The highest BCUT2D eigenvalue weighted by Gasteiger charge is 2.17. The topological polar surface area (TPSA) is 16.4 Å². The van der Waals surface area contributed by atoms with Crippen molar-refractivity contribution in [3.8, 4) is 44.5 Å². The molecular weight excluding hydrogens is 751 g/mol. The third-order valence-corrected chi connectivity index (χ3v) is 12.5. The van der Waals surface area contributed by atoms with E-state index in [1.165, 1.54) is 60.3 Å². The maximum atomic E-state index is 6.54. The number of benzene rings is 11. The molecule has 0 saturated heterocycles. The predicted molar refractivity (Wildman–Crippen MR) is 263 cm³/mol. The normalized spacial score (nSPS) is 11.5. The van der Waals surface area contributed by atoms with E-state index >= 15 is 0 Å². The molecule has 0 spiro atoms. The molecule has 290 valence electrons. The van der Waals surface area contributed by atoms with Crippen LogP contribution in [-0.4, -0.2) is 0 Å². The number of furan rings is 1. The molecule has 12 aromatic rings. The van der Waals surface area contributed by atoms with E-state index in [0.29, 0.717) is 0 Å². The van der Waals surface area contributed by atoms with Gasteiger partial charge in [0, 0.05) is 33.2 Å². The molecule has 0 aliphatic heterocycles. The Labute approximate surface area is 360 Å². The Kier molecular flexibility index (Phi) is 8.53. The molecule has 11 aromatic carbocycles. The van der Waals surface area contributed by atoms with Gasteiger partial charge in [-0.05, 0) is 132 Å². The molecule has 1 heterocycles. The first-order valence-corrected chi connectivity index (χ1v) is 21.2. The predicted octanol–water partition coefficient (Wildman–Crippen LogP) is 17.2. The lowest BCUT2D eigenvalue weighted by Gasteiger charge is -2.26. The van der Waals surface area contributed by atoms with E-state index in [-0.39, 0.29) is 0 Å². The molecule has 0 aliphatic rings. The number of hydrogen-bond donors (Lipinski definition) is 0. The van der Waals surface area contributed by atoms with Gasteiger partial charge in [0.2, 0.25) is 0 Å². The average Bonchev–Trinajstić information content (AvgIpc) is 3.74. The molecule has 62 heavy (non-hydrogen) atoms. The van der Waals surface area contributed by atoms with Crippen LogP contribution in [0.3, 0.4) is 0 Å². The van der Waals surface area contributed by atoms with Gasteiger partial charge < -0.3 is 9.32 Å². The van der Waals surface area contributed by atoms with Crippen LogP contribution in [-0.2, 0) is 0 Å². The smallest absolute Gasteiger partial charge is 0.143 e.